The van der Waals surface area contributed by atoms with Crippen molar-refractivity contribution < 1.29 is 5.11 Å². The highest BCUT2D eigenvalue weighted by atomic mass is 35.5. The molecule has 5 heteroatoms. The van der Waals surface area contributed by atoms with Crippen LogP contribution in [0.3, 0.4) is 0 Å². The van der Waals surface area contributed by atoms with Crippen molar-refractivity contribution in [2.24, 2.45) is 0 Å². The second-order valence-corrected chi connectivity index (χ2v) is 5.86. The minimum Gasteiger partial charge on any atom is -0.508 e. The van der Waals surface area contributed by atoms with Gasteiger partial charge >= 0.3 is 0 Å². The maximum atomic E-state index is 9.52. The molecule has 0 aliphatic rings. The van der Waals surface area contributed by atoms with Crippen molar-refractivity contribution >= 4 is 28.8 Å². The topological polar surface area (TPSA) is 49.6 Å². The Hall–Kier alpha value is -2.98. The van der Waals surface area contributed by atoms with Crippen molar-refractivity contribution in [1.82, 2.24) is 9.38 Å². The van der Waals surface area contributed by atoms with E-state index in [-0.39, 0.29) is 5.75 Å². The van der Waals surface area contributed by atoms with E-state index in [0.29, 0.717) is 5.02 Å². The van der Waals surface area contributed by atoms with E-state index < -0.39 is 0 Å². The first-order valence-corrected chi connectivity index (χ1v) is 7.87. The molecule has 0 amide bonds. The highest BCUT2D eigenvalue weighted by Gasteiger charge is 2.14. The van der Waals surface area contributed by atoms with Crippen LogP contribution in [-0.4, -0.2) is 14.5 Å². The molecule has 0 fully saturated rings. The Labute approximate surface area is 144 Å². The number of hydrogen-bond acceptors (Lipinski definition) is 3. The number of fused-ring (bicyclic) bond motifs is 1. The van der Waals surface area contributed by atoms with Gasteiger partial charge in [0.25, 0.3) is 0 Å². The molecule has 0 aliphatic carbocycles. The van der Waals surface area contributed by atoms with E-state index in [9.17, 15) is 5.11 Å². The van der Waals surface area contributed by atoms with Gasteiger partial charge in [-0.05, 0) is 54.6 Å². The third-order valence-electron chi connectivity index (χ3n) is 3.76. The largest absolute Gasteiger partial charge is 0.508 e. The zero-order chi connectivity index (χ0) is 16.5. The number of anilines is 2. The first-order chi connectivity index (χ1) is 11.7. The van der Waals surface area contributed by atoms with Crippen LogP contribution in [0, 0.1) is 0 Å². The lowest BCUT2D eigenvalue weighted by atomic mass is 10.1. The number of nitrogens with zero attached hydrogens (tertiary/aromatic N) is 2. The molecule has 24 heavy (non-hydrogen) atoms. The highest BCUT2D eigenvalue weighted by molar-refractivity contribution is 6.30. The fourth-order valence-electron chi connectivity index (χ4n) is 2.64. The summed E-state index contributed by atoms with van der Waals surface area (Å²) in [7, 11) is 0. The molecule has 0 atom stereocenters. The molecular formula is C19H14ClN3O. The number of imidazole rings is 1. The van der Waals surface area contributed by atoms with Gasteiger partial charge in [0, 0.05) is 22.5 Å². The predicted octanol–water partition coefficient (Wildman–Crippen LogP) is 5.10. The zero-order valence-corrected chi connectivity index (χ0v) is 13.4. The third kappa shape index (κ3) is 2.68. The van der Waals surface area contributed by atoms with Gasteiger partial charge in [-0.15, -0.1) is 0 Å². The first kappa shape index (κ1) is 14.6. The van der Waals surface area contributed by atoms with Crippen molar-refractivity contribution in [2.45, 2.75) is 0 Å². The Kier molecular flexibility index (Phi) is 3.59. The standard InChI is InChI=1S/C19H14ClN3O/c20-14-4-3-5-15(12-14)21-19-18(13-7-9-16(24)10-8-13)22-17-6-1-2-11-23(17)19/h1-12,21,24H. The van der Waals surface area contributed by atoms with Crippen LogP contribution in [0.15, 0.2) is 72.9 Å². The van der Waals surface area contributed by atoms with E-state index >= 15 is 0 Å². The summed E-state index contributed by atoms with van der Waals surface area (Å²) in [5.74, 6) is 1.07. The summed E-state index contributed by atoms with van der Waals surface area (Å²) in [6.07, 6.45) is 1.96. The predicted molar refractivity (Wildman–Crippen MR) is 97.0 cm³/mol. The summed E-state index contributed by atoms with van der Waals surface area (Å²) in [6, 6.07) is 20.4. The molecule has 0 radical (unpaired) electrons. The maximum Gasteiger partial charge on any atom is 0.143 e. The lowest BCUT2D eigenvalue weighted by Gasteiger charge is -2.09. The van der Waals surface area contributed by atoms with Gasteiger partial charge in [0.1, 0.15) is 22.9 Å². The molecule has 118 valence electrons. The average molecular weight is 336 g/mol. The molecule has 0 saturated heterocycles. The third-order valence-corrected chi connectivity index (χ3v) is 3.99. The Bertz CT molecular complexity index is 1010. The molecule has 0 spiro atoms. The minimum absolute atomic E-state index is 0.229. The van der Waals surface area contributed by atoms with Crippen LogP contribution in [-0.2, 0) is 0 Å². The molecule has 0 saturated carbocycles. The number of aromatic hydroxyl groups is 1. The Balaban J connectivity index is 1.88. The van der Waals surface area contributed by atoms with Gasteiger partial charge in [-0.2, -0.15) is 0 Å². The number of phenolic OH excluding ortho intramolecular Hbond substituents is 1. The van der Waals surface area contributed by atoms with E-state index in [1.807, 2.05) is 65.2 Å². The minimum atomic E-state index is 0.229. The quantitative estimate of drug-likeness (QED) is 0.547. The summed E-state index contributed by atoms with van der Waals surface area (Å²) in [5, 5.41) is 13.6. The number of hydrogen-bond donors (Lipinski definition) is 2. The molecule has 4 nitrogen and oxygen atoms in total. The van der Waals surface area contributed by atoms with Crippen molar-refractivity contribution in [2.75, 3.05) is 5.32 Å². The summed E-state index contributed by atoms with van der Waals surface area (Å²) in [6.45, 7) is 0. The molecule has 2 aromatic carbocycles. The average Bonchev–Trinajstić information content (AvgIpc) is 2.94. The molecule has 4 aromatic rings. The fraction of sp³-hybridized carbons (Fsp3) is 0. The van der Waals surface area contributed by atoms with Crippen molar-refractivity contribution in [3.8, 4) is 17.0 Å². The van der Waals surface area contributed by atoms with Crippen LogP contribution in [0.4, 0.5) is 11.5 Å². The summed E-state index contributed by atoms with van der Waals surface area (Å²) >= 11 is 6.09. The smallest absolute Gasteiger partial charge is 0.143 e. The van der Waals surface area contributed by atoms with Crippen LogP contribution in [0.1, 0.15) is 0 Å². The summed E-state index contributed by atoms with van der Waals surface area (Å²) in [5.41, 5.74) is 3.44. The lowest BCUT2D eigenvalue weighted by Crippen LogP contribution is -1.96. The highest BCUT2D eigenvalue weighted by Crippen LogP contribution is 2.32. The van der Waals surface area contributed by atoms with Crippen LogP contribution in [0.2, 0.25) is 5.02 Å². The molecule has 0 bridgehead atoms. The zero-order valence-electron chi connectivity index (χ0n) is 12.6. The summed E-state index contributed by atoms with van der Waals surface area (Å²) in [4.78, 5) is 4.72. The maximum absolute atomic E-state index is 9.52. The van der Waals surface area contributed by atoms with E-state index in [2.05, 4.69) is 5.32 Å². The normalized spacial score (nSPS) is 10.9. The van der Waals surface area contributed by atoms with E-state index in [1.54, 1.807) is 12.1 Å². The van der Waals surface area contributed by atoms with Crippen molar-refractivity contribution in [3.63, 3.8) is 0 Å². The van der Waals surface area contributed by atoms with E-state index in [4.69, 9.17) is 16.6 Å². The SMILES string of the molecule is Oc1ccc(-c2nc3ccccn3c2Nc2cccc(Cl)c2)cc1. The second-order valence-electron chi connectivity index (χ2n) is 5.42. The fourth-order valence-corrected chi connectivity index (χ4v) is 2.83. The van der Waals surface area contributed by atoms with Gasteiger partial charge in [0.2, 0.25) is 0 Å². The molecule has 0 unspecified atom stereocenters. The number of nitrogens with one attached hydrogen (secondary N) is 1. The monoisotopic (exact) mass is 335 g/mol. The van der Waals surface area contributed by atoms with Gasteiger partial charge in [-0.3, -0.25) is 4.40 Å². The molecule has 0 aliphatic heterocycles. The number of halogens is 1. The van der Waals surface area contributed by atoms with Crippen LogP contribution < -0.4 is 5.32 Å². The van der Waals surface area contributed by atoms with Crippen LogP contribution in [0.25, 0.3) is 16.9 Å². The number of benzene rings is 2. The molecule has 2 aromatic heterocycles. The van der Waals surface area contributed by atoms with Gasteiger partial charge in [0.05, 0.1) is 0 Å². The Morgan fingerprint density at radius 2 is 1.79 bits per heavy atom. The second kappa shape index (κ2) is 5.91. The molecule has 2 heterocycles. The van der Waals surface area contributed by atoms with E-state index in [1.165, 1.54) is 0 Å². The van der Waals surface area contributed by atoms with Gasteiger partial charge in [-0.25, -0.2) is 4.98 Å². The first-order valence-electron chi connectivity index (χ1n) is 7.50. The van der Waals surface area contributed by atoms with Gasteiger partial charge < -0.3 is 10.4 Å². The van der Waals surface area contributed by atoms with Gasteiger partial charge in [0.15, 0.2) is 0 Å². The Morgan fingerprint density at radius 3 is 2.58 bits per heavy atom. The summed E-state index contributed by atoms with van der Waals surface area (Å²) < 4.78 is 1.99. The number of phenols is 1. The molecule has 2 N–H and O–H groups in total. The number of pyridine rings is 1. The van der Waals surface area contributed by atoms with Crippen molar-refractivity contribution in [3.05, 3.63) is 77.9 Å². The molecule has 4 rings (SSSR count). The lowest BCUT2D eigenvalue weighted by molar-refractivity contribution is 0.475. The van der Waals surface area contributed by atoms with E-state index in [0.717, 1.165) is 28.4 Å². The molecular weight excluding hydrogens is 322 g/mol. The number of aromatic nitrogens is 2. The van der Waals surface area contributed by atoms with Gasteiger partial charge in [-0.1, -0.05) is 23.7 Å². The van der Waals surface area contributed by atoms with Crippen LogP contribution >= 0.6 is 11.6 Å². The Morgan fingerprint density at radius 1 is 0.958 bits per heavy atom. The number of rotatable bonds is 3. The van der Waals surface area contributed by atoms with Crippen LogP contribution in [0.5, 0.6) is 5.75 Å². The van der Waals surface area contributed by atoms with Crippen molar-refractivity contribution in [1.29, 1.82) is 0 Å².